The minimum Gasteiger partial charge on any atom is -0.350 e. The third kappa shape index (κ3) is 3.45. The molecule has 0 spiro atoms. The fourth-order valence-corrected chi connectivity index (χ4v) is 3.15. The smallest absolute Gasteiger partial charge is 0.262 e. The molecule has 0 bridgehead atoms. The predicted octanol–water partition coefficient (Wildman–Crippen LogP) is 1.56. The molecule has 1 aromatic rings. The third-order valence-corrected chi connectivity index (χ3v) is 4.36. The number of benzene rings is 1. The molecule has 0 aliphatic carbocycles. The summed E-state index contributed by atoms with van der Waals surface area (Å²) in [4.78, 5) is 25.7. The van der Waals surface area contributed by atoms with E-state index >= 15 is 0 Å². The summed E-state index contributed by atoms with van der Waals surface area (Å²) < 4.78 is 26.3. The van der Waals surface area contributed by atoms with E-state index in [1.807, 2.05) is 0 Å². The monoisotopic (exact) mass is 343 g/mol. The predicted molar refractivity (Wildman–Crippen MR) is 81.7 cm³/mol. The van der Waals surface area contributed by atoms with Crippen molar-refractivity contribution in [3.05, 3.63) is 29.3 Å². The van der Waals surface area contributed by atoms with Crippen molar-refractivity contribution in [2.24, 2.45) is 0 Å². The van der Waals surface area contributed by atoms with Crippen LogP contribution in [0.1, 0.15) is 12.8 Å². The van der Waals surface area contributed by atoms with Gasteiger partial charge in [-0.15, -0.1) is 0 Å². The number of hydrogen-bond acceptors (Lipinski definition) is 3. The van der Waals surface area contributed by atoms with E-state index in [0.717, 1.165) is 0 Å². The summed E-state index contributed by atoms with van der Waals surface area (Å²) in [7, 11) is 0. The first kappa shape index (κ1) is 16.1. The molecule has 3 rings (SSSR count). The van der Waals surface area contributed by atoms with Gasteiger partial charge in [0.1, 0.15) is 0 Å². The lowest BCUT2D eigenvalue weighted by molar-refractivity contribution is -0.124. The highest BCUT2D eigenvalue weighted by atomic mass is 35.5. The summed E-state index contributed by atoms with van der Waals surface area (Å²) in [6.45, 7) is -0.224. The maximum atomic E-state index is 13.1. The largest absolute Gasteiger partial charge is 0.350 e. The van der Waals surface area contributed by atoms with Crippen LogP contribution in [0.15, 0.2) is 24.3 Å². The maximum absolute atomic E-state index is 13.1. The fourth-order valence-electron chi connectivity index (χ4n) is 2.91. The Bertz CT molecular complexity index is 641. The average Bonchev–Trinajstić information content (AvgIpc) is 3.02. The van der Waals surface area contributed by atoms with Gasteiger partial charge >= 0.3 is 0 Å². The lowest BCUT2D eigenvalue weighted by Gasteiger charge is -2.19. The summed E-state index contributed by atoms with van der Waals surface area (Å²) in [6.07, 6.45) is -0.395. The summed E-state index contributed by atoms with van der Waals surface area (Å²) in [5.41, 5.74) is 0.585. The zero-order chi connectivity index (χ0) is 16.6. The first-order valence-electron chi connectivity index (χ1n) is 7.32. The molecule has 23 heavy (non-hydrogen) atoms. The van der Waals surface area contributed by atoms with Crippen molar-refractivity contribution < 1.29 is 18.4 Å². The van der Waals surface area contributed by atoms with Gasteiger partial charge in [-0.2, -0.15) is 0 Å². The highest BCUT2D eigenvalue weighted by molar-refractivity contribution is 6.33. The van der Waals surface area contributed by atoms with Crippen molar-refractivity contribution >= 4 is 29.1 Å². The highest BCUT2D eigenvalue weighted by Crippen LogP contribution is 2.29. The Morgan fingerprint density at radius 2 is 2.13 bits per heavy atom. The minimum atomic E-state index is -2.86. The third-order valence-electron chi connectivity index (χ3n) is 4.04. The Hall–Kier alpha value is -1.73. The Kier molecular flexibility index (Phi) is 4.25. The van der Waals surface area contributed by atoms with Crippen LogP contribution in [0.3, 0.4) is 0 Å². The van der Waals surface area contributed by atoms with Gasteiger partial charge in [0.2, 0.25) is 11.8 Å². The van der Waals surface area contributed by atoms with Crippen LogP contribution in [0.25, 0.3) is 0 Å². The first-order valence-corrected chi connectivity index (χ1v) is 7.70. The number of carbonyl (C=O) groups is 2. The lowest BCUT2D eigenvalue weighted by atomic mass is 10.1. The van der Waals surface area contributed by atoms with Gasteiger partial charge in [0.05, 0.1) is 29.3 Å². The summed E-state index contributed by atoms with van der Waals surface area (Å²) in [6, 6.07) is 5.60. The topological polar surface area (TPSA) is 61.4 Å². The van der Waals surface area contributed by atoms with Crippen LogP contribution in [0.2, 0.25) is 5.02 Å². The zero-order valence-corrected chi connectivity index (χ0v) is 12.9. The molecule has 2 fully saturated rings. The number of carbonyl (C=O) groups excluding carboxylic acids is 2. The SMILES string of the molecule is O=C(NC1CC(=O)N(c2ccccc2Cl)C1)C1CC(F)(F)CN1. The molecule has 2 unspecified atom stereocenters. The van der Waals surface area contributed by atoms with E-state index < -0.39 is 36.9 Å². The van der Waals surface area contributed by atoms with Crippen LogP contribution < -0.4 is 15.5 Å². The fraction of sp³-hybridized carbons (Fsp3) is 0.467. The molecule has 2 heterocycles. The zero-order valence-electron chi connectivity index (χ0n) is 12.2. The molecular formula is C15H16ClF2N3O2. The number of nitrogens with one attached hydrogen (secondary N) is 2. The van der Waals surface area contributed by atoms with Gasteiger partial charge in [-0.25, -0.2) is 8.78 Å². The number of hydrogen-bond donors (Lipinski definition) is 2. The van der Waals surface area contributed by atoms with Crippen LogP contribution in [0, 0.1) is 0 Å². The van der Waals surface area contributed by atoms with E-state index in [2.05, 4.69) is 10.6 Å². The molecule has 0 saturated carbocycles. The van der Waals surface area contributed by atoms with Gasteiger partial charge in [-0.3, -0.25) is 14.9 Å². The van der Waals surface area contributed by atoms with Gasteiger partial charge in [0.25, 0.3) is 5.92 Å². The molecule has 0 radical (unpaired) electrons. The highest BCUT2D eigenvalue weighted by Gasteiger charge is 2.43. The normalized spacial score (nSPS) is 26.6. The van der Waals surface area contributed by atoms with Crippen LogP contribution in [-0.4, -0.2) is 42.9 Å². The van der Waals surface area contributed by atoms with Crippen molar-refractivity contribution in [1.82, 2.24) is 10.6 Å². The van der Waals surface area contributed by atoms with Gasteiger partial charge < -0.3 is 10.2 Å². The molecule has 2 aliphatic heterocycles. The van der Waals surface area contributed by atoms with Crippen molar-refractivity contribution in [2.45, 2.75) is 30.8 Å². The quantitative estimate of drug-likeness (QED) is 0.875. The molecule has 2 saturated heterocycles. The van der Waals surface area contributed by atoms with Crippen molar-refractivity contribution in [1.29, 1.82) is 0 Å². The number of para-hydroxylation sites is 1. The van der Waals surface area contributed by atoms with Gasteiger partial charge in [-0.05, 0) is 12.1 Å². The van der Waals surface area contributed by atoms with Crippen molar-refractivity contribution in [3.8, 4) is 0 Å². The molecule has 8 heteroatoms. The van der Waals surface area contributed by atoms with Gasteiger partial charge in [-0.1, -0.05) is 23.7 Å². The number of amides is 2. The molecule has 124 valence electrons. The summed E-state index contributed by atoms with van der Waals surface area (Å²) >= 11 is 6.08. The number of rotatable bonds is 3. The Labute approximate surface area is 137 Å². The number of nitrogens with zero attached hydrogens (tertiary/aromatic N) is 1. The van der Waals surface area contributed by atoms with Crippen molar-refractivity contribution in [2.75, 3.05) is 18.0 Å². The Morgan fingerprint density at radius 3 is 2.78 bits per heavy atom. The van der Waals surface area contributed by atoms with Crippen LogP contribution in [0.5, 0.6) is 0 Å². The van der Waals surface area contributed by atoms with Crippen molar-refractivity contribution in [3.63, 3.8) is 0 Å². The Balaban J connectivity index is 1.62. The molecule has 2 aliphatic rings. The Morgan fingerprint density at radius 1 is 1.39 bits per heavy atom. The van der Waals surface area contributed by atoms with E-state index in [1.54, 1.807) is 24.3 Å². The molecule has 2 amide bonds. The van der Waals surface area contributed by atoms with E-state index in [1.165, 1.54) is 4.90 Å². The number of alkyl halides is 2. The van der Waals surface area contributed by atoms with E-state index in [9.17, 15) is 18.4 Å². The van der Waals surface area contributed by atoms with E-state index in [4.69, 9.17) is 11.6 Å². The van der Waals surface area contributed by atoms with E-state index in [0.29, 0.717) is 10.7 Å². The lowest BCUT2D eigenvalue weighted by Crippen LogP contribution is -2.46. The number of anilines is 1. The maximum Gasteiger partial charge on any atom is 0.262 e. The molecule has 5 nitrogen and oxygen atoms in total. The molecule has 0 aromatic heterocycles. The average molecular weight is 344 g/mol. The number of halogens is 3. The second kappa shape index (κ2) is 6.05. The van der Waals surface area contributed by atoms with Crippen LogP contribution in [0.4, 0.5) is 14.5 Å². The minimum absolute atomic E-state index is 0.125. The van der Waals surface area contributed by atoms with Crippen LogP contribution in [-0.2, 0) is 9.59 Å². The molecular weight excluding hydrogens is 328 g/mol. The van der Waals surface area contributed by atoms with Gasteiger partial charge in [0, 0.05) is 19.4 Å². The molecule has 1 aromatic carbocycles. The second-order valence-electron chi connectivity index (χ2n) is 5.86. The van der Waals surface area contributed by atoms with E-state index in [-0.39, 0.29) is 18.9 Å². The summed E-state index contributed by atoms with van der Waals surface area (Å²) in [5.74, 6) is -3.52. The standard InChI is InChI=1S/C15H16ClF2N3O2/c16-10-3-1-2-4-12(10)21-7-9(5-13(21)22)20-14(23)11-6-15(17,18)8-19-11/h1-4,9,11,19H,5-8H2,(H,20,23). The molecule has 2 N–H and O–H groups in total. The summed E-state index contributed by atoms with van der Waals surface area (Å²) in [5, 5.41) is 5.62. The second-order valence-corrected chi connectivity index (χ2v) is 6.27. The van der Waals surface area contributed by atoms with Crippen LogP contribution >= 0.6 is 11.6 Å². The molecule has 2 atom stereocenters. The first-order chi connectivity index (χ1) is 10.9. The van der Waals surface area contributed by atoms with Gasteiger partial charge in [0.15, 0.2) is 0 Å².